The molecule has 0 saturated carbocycles. The molecule has 12 heavy (non-hydrogen) atoms. The molecule has 0 spiro atoms. The molecule has 0 bridgehead atoms. The standard InChI is InChI=1S/C7H7NO3S/c9-7(10)11-5-12-6-1-3-8-4-2-6/h1-4H,5H2,(H,9,10). The van der Waals surface area contributed by atoms with E-state index in [9.17, 15) is 4.79 Å². The van der Waals surface area contributed by atoms with E-state index < -0.39 is 6.16 Å². The third kappa shape index (κ3) is 3.25. The largest absolute Gasteiger partial charge is 0.506 e. The lowest BCUT2D eigenvalue weighted by molar-refractivity contribution is 0.109. The average molecular weight is 185 g/mol. The summed E-state index contributed by atoms with van der Waals surface area (Å²) < 4.78 is 4.30. The van der Waals surface area contributed by atoms with Gasteiger partial charge in [-0.25, -0.2) is 4.79 Å². The number of carboxylic acid groups (broad SMARTS) is 1. The van der Waals surface area contributed by atoms with Crippen molar-refractivity contribution in [3.8, 4) is 0 Å². The normalized spacial score (nSPS) is 9.33. The van der Waals surface area contributed by atoms with E-state index in [0.29, 0.717) is 0 Å². The first-order chi connectivity index (χ1) is 5.79. The molecule has 1 heterocycles. The van der Waals surface area contributed by atoms with Gasteiger partial charge in [0.1, 0.15) is 5.94 Å². The summed E-state index contributed by atoms with van der Waals surface area (Å²) in [6.07, 6.45) is 2.03. The molecule has 4 nitrogen and oxygen atoms in total. The Morgan fingerprint density at radius 2 is 2.25 bits per heavy atom. The number of hydrogen-bond acceptors (Lipinski definition) is 4. The second-order valence-electron chi connectivity index (χ2n) is 1.86. The van der Waals surface area contributed by atoms with Crippen LogP contribution < -0.4 is 0 Å². The minimum absolute atomic E-state index is 0.110. The molecule has 0 unspecified atom stereocenters. The lowest BCUT2D eigenvalue weighted by Crippen LogP contribution is -1.98. The van der Waals surface area contributed by atoms with Crippen LogP contribution in [-0.4, -0.2) is 22.2 Å². The number of rotatable bonds is 3. The number of hydrogen-bond donors (Lipinski definition) is 1. The summed E-state index contributed by atoms with van der Waals surface area (Å²) in [5.41, 5.74) is 0. The van der Waals surface area contributed by atoms with Gasteiger partial charge < -0.3 is 9.84 Å². The molecule has 0 amide bonds. The summed E-state index contributed by atoms with van der Waals surface area (Å²) in [5.74, 6) is 0.110. The molecule has 0 fully saturated rings. The van der Waals surface area contributed by atoms with E-state index in [0.717, 1.165) is 4.90 Å². The molecular weight excluding hydrogens is 178 g/mol. The topological polar surface area (TPSA) is 59.4 Å². The van der Waals surface area contributed by atoms with Gasteiger partial charge in [0.15, 0.2) is 0 Å². The summed E-state index contributed by atoms with van der Waals surface area (Å²) in [6, 6.07) is 3.58. The number of ether oxygens (including phenoxy) is 1. The van der Waals surface area contributed by atoms with Gasteiger partial charge in [-0.2, -0.15) is 0 Å². The summed E-state index contributed by atoms with van der Waals surface area (Å²) in [7, 11) is 0. The van der Waals surface area contributed by atoms with Crippen LogP contribution in [0.15, 0.2) is 29.4 Å². The Morgan fingerprint density at radius 1 is 1.58 bits per heavy atom. The monoisotopic (exact) mass is 185 g/mol. The van der Waals surface area contributed by atoms with E-state index in [2.05, 4.69) is 9.72 Å². The smallest absolute Gasteiger partial charge is 0.450 e. The van der Waals surface area contributed by atoms with E-state index in [1.54, 1.807) is 24.5 Å². The van der Waals surface area contributed by atoms with Crippen molar-refractivity contribution in [2.24, 2.45) is 0 Å². The molecule has 0 aliphatic heterocycles. The quantitative estimate of drug-likeness (QED) is 0.442. The van der Waals surface area contributed by atoms with Crippen LogP contribution in [0.25, 0.3) is 0 Å². The van der Waals surface area contributed by atoms with Crippen LogP contribution in [0.5, 0.6) is 0 Å². The molecule has 1 N–H and O–H groups in total. The summed E-state index contributed by atoms with van der Waals surface area (Å²) in [4.78, 5) is 14.7. The summed E-state index contributed by atoms with van der Waals surface area (Å²) >= 11 is 1.31. The van der Waals surface area contributed by atoms with Crippen LogP contribution in [0.3, 0.4) is 0 Å². The Kier molecular flexibility index (Phi) is 3.40. The van der Waals surface area contributed by atoms with Crippen LogP contribution in [0.1, 0.15) is 0 Å². The van der Waals surface area contributed by atoms with E-state index in [1.165, 1.54) is 11.8 Å². The molecule has 0 aromatic carbocycles. The van der Waals surface area contributed by atoms with Crippen molar-refractivity contribution < 1.29 is 14.6 Å². The predicted molar refractivity (Wildman–Crippen MR) is 44.1 cm³/mol. The molecule has 0 aliphatic carbocycles. The summed E-state index contributed by atoms with van der Waals surface area (Å²) in [6.45, 7) is 0. The Balaban J connectivity index is 2.29. The molecule has 5 heteroatoms. The molecule has 64 valence electrons. The van der Waals surface area contributed by atoms with Gasteiger partial charge >= 0.3 is 6.16 Å². The lowest BCUT2D eigenvalue weighted by atomic mass is 10.5. The van der Waals surface area contributed by atoms with Gasteiger partial charge in [0.25, 0.3) is 0 Å². The minimum atomic E-state index is -1.25. The minimum Gasteiger partial charge on any atom is -0.450 e. The van der Waals surface area contributed by atoms with Gasteiger partial charge in [0.2, 0.25) is 0 Å². The highest BCUT2D eigenvalue weighted by molar-refractivity contribution is 7.99. The fourth-order valence-electron chi connectivity index (χ4n) is 0.582. The van der Waals surface area contributed by atoms with Gasteiger partial charge in [-0.15, -0.1) is 0 Å². The average Bonchev–Trinajstić information content (AvgIpc) is 2.05. The lowest BCUT2D eigenvalue weighted by Gasteiger charge is -1.98. The molecule has 1 aromatic heterocycles. The Bertz CT molecular complexity index is 252. The fourth-order valence-corrected chi connectivity index (χ4v) is 1.19. The second kappa shape index (κ2) is 4.61. The number of aromatic nitrogens is 1. The van der Waals surface area contributed by atoms with Crippen molar-refractivity contribution in [3.05, 3.63) is 24.5 Å². The van der Waals surface area contributed by atoms with E-state index >= 15 is 0 Å². The van der Waals surface area contributed by atoms with Gasteiger partial charge in [-0.3, -0.25) is 4.98 Å². The van der Waals surface area contributed by atoms with Gasteiger partial charge in [0.05, 0.1) is 0 Å². The van der Waals surface area contributed by atoms with Crippen LogP contribution in [0, 0.1) is 0 Å². The number of pyridine rings is 1. The summed E-state index contributed by atoms with van der Waals surface area (Å²) in [5, 5.41) is 8.14. The second-order valence-corrected chi connectivity index (χ2v) is 2.85. The third-order valence-corrected chi connectivity index (χ3v) is 1.90. The Hall–Kier alpha value is -1.23. The van der Waals surface area contributed by atoms with Gasteiger partial charge in [0, 0.05) is 17.3 Å². The highest BCUT2D eigenvalue weighted by Gasteiger charge is 1.96. The number of carbonyl (C=O) groups is 1. The molecular formula is C7H7NO3S. The molecule has 0 atom stereocenters. The zero-order chi connectivity index (χ0) is 8.81. The Morgan fingerprint density at radius 3 is 2.83 bits per heavy atom. The van der Waals surface area contributed by atoms with E-state index in [1.807, 2.05) is 0 Å². The van der Waals surface area contributed by atoms with E-state index in [4.69, 9.17) is 5.11 Å². The van der Waals surface area contributed by atoms with Gasteiger partial charge in [-0.05, 0) is 12.1 Å². The van der Waals surface area contributed by atoms with Crippen molar-refractivity contribution in [1.29, 1.82) is 0 Å². The first kappa shape index (κ1) is 8.86. The highest BCUT2D eigenvalue weighted by Crippen LogP contribution is 2.15. The van der Waals surface area contributed by atoms with Crippen molar-refractivity contribution in [2.45, 2.75) is 4.90 Å². The van der Waals surface area contributed by atoms with Crippen molar-refractivity contribution in [1.82, 2.24) is 4.98 Å². The molecule has 1 aromatic rings. The molecule has 0 radical (unpaired) electrons. The first-order valence-electron chi connectivity index (χ1n) is 3.17. The van der Waals surface area contributed by atoms with Crippen molar-refractivity contribution in [2.75, 3.05) is 5.94 Å². The molecule has 0 aliphatic rings. The van der Waals surface area contributed by atoms with Crippen LogP contribution >= 0.6 is 11.8 Å². The maximum atomic E-state index is 9.94. The molecule has 1 rings (SSSR count). The van der Waals surface area contributed by atoms with Crippen molar-refractivity contribution in [3.63, 3.8) is 0 Å². The maximum absolute atomic E-state index is 9.94. The molecule has 0 saturated heterocycles. The SMILES string of the molecule is O=C(O)OCSc1ccncc1. The zero-order valence-corrected chi connectivity index (χ0v) is 6.95. The van der Waals surface area contributed by atoms with Crippen LogP contribution in [-0.2, 0) is 4.74 Å². The highest BCUT2D eigenvalue weighted by atomic mass is 32.2. The van der Waals surface area contributed by atoms with Crippen molar-refractivity contribution >= 4 is 17.9 Å². The fraction of sp³-hybridized carbons (Fsp3) is 0.143. The number of thioether (sulfide) groups is 1. The van der Waals surface area contributed by atoms with Crippen LogP contribution in [0.2, 0.25) is 0 Å². The zero-order valence-electron chi connectivity index (χ0n) is 6.14. The first-order valence-corrected chi connectivity index (χ1v) is 4.16. The Labute approximate surface area is 73.6 Å². The van der Waals surface area contributed by atoms with E-state index in [-0.39, 0.29) is 5.94 Å². The maximum Gasteiger partial charge on any atom is 0.506 e. The van der Waals surface area contributed by atoms with Gasteiger partial charge in [-0.1, -0.05) is 11.8 Å². The van der Waals surface area contributed by atoms with Crippen LogP contribution in [0.4, 0.5) is 4.79 Å². The predicted octanol–water partition coefficient (Wildman–Crippen LogP) is 1.83. The number of nitrogens with zero attached hydrogens (tertiary/aromatic N) is 1. The third-order valence-electron chi connectivity index (χ3n) is 1.06.